The van der Waals surface area contributed by atoms with Crippen molar-refractivity contribution >= 4 is 5.91 Å². The molecule has 1 saturated heterocycles. The summed E-state index contributed by atoms with van der Waals surface area (Å²) in [5.74, 6) is 0.253. The Labute approximate surface area is 159 Å². The van der Waals surface area contributed by atoms with Crippen molar-refractivity contribution in [3.63, 3.8) is 0 Å². The van der Waals surface area contributed by atoms with Gasteiger partial charge in [0.2, 0.25) is 0 Å². The van der Waals surface area contributed by atoms with Crippen LogP contribution in [0.3, 0.4) is 0 Å². The van der Waals surface area contributed by atoms with E-state index in [2.05, 4.69) is 22.2 Å². The molecule has 0 aromatic heterocycles. The Morgan fingerprint density at radius 1 is 1.15 bits per heavy atom. The first-order valence-electron chi connectivity index (χ1n) is 9.17. The molecule has 144 valence electrons. The van der Waals surface area contributed by atoms with Crippen LogP contribution in [-0.2, 0) is 0 Å². The van der Waals surface area contributed by atoms with Crippen molar-refractivity contribution in [2.45, 2.75) is 6.04 Å². The Kier molecular flexibility index (Phi) is 6.42. The number of ether oxygens (including phenoxy) is 1. The van der Waals surface area contributed by atoms with E-state index in [1.807, 2.05) is 6.07 Å². The van der Waals surface area contributed by atoms with E-state index < -0.39 is 0 Å². The molecule has 5 nitrogen and oxygen atoms in total. The molecule has 1 fully saturated rings. The van der Waals surface area contributed by atoms with Gasteiger partial charge < -0.3 is 15.0 Å². The molecular formula is C21H26FN3O2. The Hall–Kier alpha value is -2.44. The summed E-state index contributed by atoms with van der Waals surface area (Å²) >= 11 is 0. The summed E-state index contributed by atoms with van der Waals surface area (Å²) in [5.41, 5.74) is 1.57. The third kappa shape index (κ3) is 5.05. The van der Waals surface area contributed by atoms with E-state index in [0.717, 1.165) is 31.7 Å². The van der Waals surface area contributed by atoms with Crippen molar-refractivity contribution in [3.05, 3.63) is 65.5 Å². The maximum atomic E-state index is 13.3. The van der Waals surface area contributed by atoms with Crippen LogP contribution in [-0.4, -0.2) is 62.6 Å². The standard InChI is InChI=1S/C21H26FN3O2/c1-24-10-12-25(13-11-24)20(16-6-8-18(22)9-7-16)15-23-21(26)17-4-3-5-19(14-17)27-2/h3-9,14,20H,10-13,15H2,1-2H3,(H,23,26)/t20-/m0/s1. The van der Waals surface area contributed by atoms with Crippen molar-refractivity contribution < 1.29 is 13.9 Å². The quantitative estimate of drug-likeness (QED) is 0.848. The van der Waals surface area contributed by atoms with Crippen molar-refractivity contribution in [2.24, 2.45) is 0 Å². The van der Waals surface area contributed by atoms with Crippen LogP contribution in [0.25, 0.3) is 0 Å². The molecule has 0 unspecified atom stereocenters. The predicted molar refractivity (Wildman–Crippen MR) is 104 cm³/mol. The molecule has 2 aromatic carbocycles. The number of hydrogen-bond donors (Lipinski definition) is 1. The zero-order valence-electron chi connectivity index (χ0n) is 15.8. The zero-order valence-corrected chi connectivity index (χ0v) is 15.8. The topological polar surface area (TPSA) is 44.8 Å². The molecule has 2 aromatic rings. The van der Waals surface area contributed by atoms with Gasteiger partial charge in [-0.3, -0.25) is 9.69 Å². The Morgan fingerprint density at radius 3 is 2.52 bits per heavy atom. The highest BCUT2D eigenvalue weighted by molar-refractivity contribution is 5.94. The third-order valence-corrected chi connectivity index (χ3v) is 5.02. The number of carbonyl (C=O) groups excluding carboxylic acids is 1. The molecule has 3 rings (SSSR count). The Morgan fingerprint density at radius 2 is 1.85 bits per heavy atom. The lowest BCUT2D eigenvalue weighted by Gasteiger charge is -2.38. The molecule has 1 atom stereocenters. The van der Waals surface area contributed by atoms with E-state index in [-0.39, 0.29) is 17.8 Å². The number of rotatable bonds is 6. The lowest BCUT2D eigenvalue weighted by Crippen LogP contribution is -2.48. The number of nitrogens with zero attached hydrogens (tertiary/aromatic N) is 2. The number of amides is 1. The highest BCUT2D eigenvalue weighted by Crippen LogP contribution is 2.22. The minimum atomic E-state index is -0.253. The van der Waals surface area contributed by atoms with Crippen molar-refractivity contribution in [1.82, 2.24) is 15.1 Å². The molecule has 0 aliphatic carbocycles. The van der Waals surface area contributed by atoms with Gasteiger partial charge in [0.15, 0.2) is 0 Å². The molecule has 1 aliphatic heterocycles. The van der Waals surface area contributed by atoms with Crippen molar-refractivity contribution in [1.29, 1.82) is 0 Å². The minimum Gasteiger partial charge on any atom is -0.497 e. The van der Waals surface area contributed by atoms with Gasteiger partial charge in [0, 0.05) is 38.3 Å². The summed E-state index contributed by atoms with van der Waals surface area (Å²) in [5, 5.41) is 3.03. The van der Waals surface area contributed by atoms with E-state index in [9.17, 15) is 9.18 Å². The molecule has 1 heterocycles. The van der Waals surface area contributed by atoms with Crippen LogP contribution in [0.2, 0.25) is 0 Å². The molecule has 0 saturated carbocycles. The van der Waals surface area contributed by atoms with Gasteiger partial charge in [-0.05, 0) is 42.9 Å². The monoisotopic (exact) mass is 371 g/mol. The van der Waals surface area contributed by atoms with Crippen LogP contribution < -0.4 is 10.1 Å². The lowest BCUT2D eigenvalue weighted by atomic mass is 10.0. The fourth-order valence-electron chi connectivity index (χ4n) is 3.33. The molecule has 1 N–H and O–H groups in total. The van der Waals surface area contributed by atoms with Crippen LogP contribution in [0.15, 0.2) is 48.5 Å². The molecule has 6 heteroatoms. The molecule has 0 bridgehead atoms. The molecule has 0 spiro atoms. The molecule has 0 radical (unpaired) electrons. The summed E-state index contributed by atoms with van der Waals surface area (Å²) in [6, 6.07) is 13.7. The SMILES string of the molecule is COc1cccc(C(=O)NC[C@@H](c2ccc(F)cc2)N2CCN(C)CC2)c1. The molecule has 27 heavy (non-hydrogen) atoms. The minimum absolute atomic E-state index is 0.00820. The normalized spacial score (nSPS) is 16.7. The van der Waals surface area contributed by atoms with Gasteiger partial charge in [0.25, 0.3) is 5.91 Å². The number of benzene rings is 2. The van der Waals surface area contributed by atoms with Crippen LogP contribution in [0.5, 0.6) is 5.75 Å². The van der Waals surface area contributed by atoms with Gasteiger partial charge in [0.05, 0.1) is 13.2 Å². The van der Waals surface area contributed by atoms with Gasteiger partial charge in [-0.25, -0.2) is 4.39 Å². The van der Waals surface area contributed by atoms with E-state index in [1.54, 1.807) is 37.4 Å². The summed E-state index contributed by atoms with van der Waals surface area (Å²) in [6.07, 6.45) is 0. The fourth-order valence-corrected chi connectivity index (χ4v) is 3.33. The first-order valence-corrected chi connectivity index (χ1v) is 9.17. The van der Waals surface area contributed by atoms with E-state index >= 15 is 0 Å². The number of nitrogens with one attached hydrogen (secondary N) is 1. The smallest absolute Gasteiger partial charge is 0.251 e. The average molecular weight is 371 g/mol. The second kappa shape index (κ2) is 8.97. The molecule has 1 amide bonds. The Bertz CT molecular complexity index is 758. The summed E-state index contributed by atoms with van der Waals surface area (Å²) in [7, 11) is 3.68. The van der Waals surface area contributed by atoms with E-state index in [0.29, 0.717) is 17.9 Å². The third-order valence-electron chi connectivity index (χ3n) is 5.02. The molecule has 1 aliphatic rings. The number of carbonyl (C=O) groups is 1. The number of piperazine rings is 1. The predicted octanol–water partition coefficient (Wildman–Crippen LogP) is 2.55. The average Bonchev–Trinajstić information content (AvgIpc) is 2.70. The van der Waals surface area contributed by atoms with Gasteiger partial charge in [-0.2, -0.15) is 0 Å². The number of methoxy groups -OCH3 is 1. The lowest BCUT2D eigenvalue weighted by molar-refractivity contribution is 0.0886. The number of halogens is 1. The van der Waals surface area contributed by atoms with Crippen molar-refractivity contribution in [3.8, 4) is 5.75 Å². The van der Waals surface area contributed by atoms with Crippen molar-refractivity contribution in [2.75, 3.05) is 46.9 Å². The summed E-state index contributed by atoms with van der Waals surface area (Å²) < 4.78 is 18.5. The first-order chi connectivity index (χ1) is 13.1. The maximum absolute atomic E-state index is 13.3. The van der Waals surface area contributed by atoms with Crippen LogP contribution in [0, 0.1) is 5.82 Å². The highest BCUT2D eigenvalue weighted by Gasteiger charge is 2.24. The summed E-state index contributed by atoms with van der Waals surface area (Å²) in [4.78, 5) is 17.2. The van der Waals surface area contributed by atoms with Crippen LogP contribution in [0.4, 0.5) is 4.39 Å². The number of hydrogen-bond acceptors (Lipinski definition) is 4. The van der Waals surface area contributed by atoms with E-state index in [1.165, 1.54) is 12.1 Å². The van der Waals surface area contributed by atoms with Gasteiger partial charge in [-0.1, -0.05) is 18.2 Å². The second-order valence-electron chi connectivity index (χ2n) is 6.85. The largest absolute Gasteiger partial charge is 0.497 e. The van der Waals surface area contributed by atoms with E-state index in [4.69, 9.17) is 4.74 Å². The summed E-state index contributed by atoms with van der Waals surface area (Å²) in [6.45, 7) is 4.23. The van der Waals surface area contributed by atoms with Crippen LogP contribution in [0.1, 0.15) is 22.0 Å². The first kappa shape index (κ1) is 19.3. The maximum Gasteiger partial charge on any atom is 0.251 e. The fraction of sp³-hybridized carbons (Fsp3) is 0.381. The van der Waals surface area contributed by atoms with Gasteiger partial charge >= 0.3 is 0 Å². The second-order valence-corrected chi connectivity index (χ2v) is 6.85. The van der Waals surface area contributed by atoms with Gasteiger partial charge in [-0.15, -0.1) is 0 Å². The zero-order chi connectivity index (χ0) is 19.2. The number of likely N-dealkylation sites (N-methyl/N-ethyl adjacent to an activating group) is 1. The highest BCUT2D eigenvalue weighted by atomic mass is 19.1. The van der Waals surface area contributed by atoms with Crippen LogP contribution >= 0.6 is 0 Å². The van der Waals surface area contributed by atoms with Gasteiger partial charge in [0.1, 0.15) is 11.6 Å². The molecular weight excluding hydrogens is 345 g/mol. The Balaban J connectivity index is 1.72.